The summed E-state index contributed by atoms with van der Waals surface area (Å²) in [6.45, 7) is 1.24. The van der Waals surface area contributed by atoms with Gasteiger partial charge in [-0.3, -0.25) is 4.79 Å². The van der Waals surface area contributed by atoms with E-state index in [2.05, 4.69) is 10.3 Å². The Bertz CT molecular complexity index is 582. The Kier molecular flexibility index (Phi) is 5.11. The number of aromatic nitrogens is 3. The SMILES string of the molecule is CN(Cc1ccc(Cl)s1)C(=O)Cn1cc(CCN)nn1. The van der Waals surface area contributed by atoms with Crippen LogP contribution in [0.3, 0.4) is 0 Å². The highest BCUT2D eigenvalue weighted by Gasteiger charge is 2.12. The molecule has 1 amide bonds. The Balaban J connectivity index is 1.89. The lowest BCUT2D eigenvalue weighted by Gasteiger charge is -2.15. The molecule has 0 spiro atoms. The van der Waals surface area contributed by atoms with Gasteiger partial charge in [-0.05, 0) is 18.7 Å². The predicted octanol–water partition coefficient (Wildman–Crippen LogP) is 1.15. The van der Waals surface area contributed by atoms with Crippen molar-refractivity contribution < 1.29 is 4.79 Å². The van der Waals surface area contributed by atoms with Gasteiger partial charge >= 0.3 is 0 Å². The highest BCUT2D eigenvalue weighted by atomic mass is 35.5. The lowest BCUT2D eigenvalue weighted by molar-refractivity contribution is -0.131. The topological polar surface area (TPSA) is 77.0 Å². The summed E-state index contributed by atoms with van der Waals surface area (Å²) < 4.78 is 2.26. The normalized spacial score (nSPS) is 10.8. The average molecular weight is 314 g/mol. The molecule has 0 aliphatic carbocycles. The van der Waals surface area contributed by atoms with Crippen molar-refractivity contribution in [2.24, 2.45) is 5.73 Å². The number of hydrogen-bond donors (Lipinski definition) is 1. The largest absolute Gasteiger partial charge is 0.339 e. The predicted molar refractivity (Wildman–Crippen MR) is 78.6 cm³/mol. The minimum absolute atomic E-state index is 0.0290. The Morgan fingerprint density at radius 3 is 3.00 bits per heavy atom. The molecule has 0 aliphatic heterocycles. The van der Waals surface area contributed by atoms with Crippen LogP contribution >= 0.6 is 22.9 Å². The van der Waals surface area contributed by atoms with E-state index in [0.717, 1.165) is 14.9 Å². The smallest absolute Gasteiger partial charge is 0.244 e. The molecule has 6 nitrogen and oxygen atoms in total. The van der Waals surface area contributed by atoms with Gasteiger partial charge in [0.05, 0.1) is 16.6 Å². The Labute approximate surface area is 126 Å². The highest BCUT2D eigenvalue weighted by molar-refractivity contribution is 7.16. The Hall–Kier alpha value is -1.44. The first-order valence-corrected chi connectivity index (χ1v) is 7.35. The molecule has 0 saturated carbocycles. The Morgan fingerprint density at radius 2 is 2.35 bits per heavy atom. The summed E-state index contributed by atoms with van der Waals surface area (Å²) in [5, 5.41) is 7.87. The second kappa shape index (κ2) is 6.83. The van der Waals surface area contributed by atoms with Crippen molar-refractivity contribution in [1.82, 2.24) is 19.9 Å². The molecule has 0 saturated heterocycles. The van der Waals surface area contributed by atoms with Crippen LogP contribution < -0.4 is 5.73 Å². The zero-order chi connectivity index (χ0) is 14.5. The minimum atomic E-state index is -0.0290. The van der Waals surface area contributed by atoms with Gasteiger partial charge in [0.15, 0.2) is 0 Å². The van der Waals surface area contributed by atoms with Crippen molar-refractivity contribution in [3.63, 3.8) is 0 Å². The molecule has 20 heavy (non-hydrogen) atoms. The molecule has 0 aromatic carbocycles. The van der Waals surface area contributed by atoms with Gasteiger partial charge in [-0.15, -0.1) is 16.4 Å². The van der Waals surface area contributed by atoms with E-state index in [4.69, 9.17) is 17.3 Å². The summed E-state index contributed by atoms with van der Waals surface area (Å²) in [5.41, 5.74) is 6.24. The van der Waals surface area contributed by atoms with Crippen LogP contribution in [0.25, 0.3) is 0 Å². The number of halogens is 1. The average Bonchev–Trinajstić information content (AvgIpc) is 2.99. The fraction of sp³-hybridized carbons (Fsp3) is 0.417. The molecule has 2 aromatic rings. The number of likely N-dealkylation sites (N-methyl/N-ethyl adjacent to an activating group) is 1. The number of nitrogens with two attached hydrogens (primary N) is 1. The summed E-state index contributed by atoms with van der Waals surface area (Å²) in [6, 6.07) is 3.75. The van der Waals surface area contributed by atoms with Gasteiger partial charge in [0.2, 0.25) is 5.91 Å². The van der Waals surface area contributed by atoms with Crippen LogP contribution in [0.4, 0.5) is 0 Å². The van der Waals surface area contributed by atoms with Gasteiger partial charge in [0.25, 0.3) is 0 Å². The standard InChI is InChI=1S/C12H16ClN5OS/c1-17(7-10-2-3-11(13)20-10)12(19)8-18-6-9(4-5-14)15-16-18/h2-3,6H,4-5,7-8,14H2,1H3. The summed E-state index contributed by atoms with van der Waals surface area (Å²) >= 11 is 7.34. The van der Waals surface area contributed by atoms with E-state index >= 15 is 0 Å². The third-order valence-corrected chi connectivity index (χ3v) is 3.95. The lowest BCUT2D eigenvalue weighted by Crippen LogP contribution is -2.29. The molecule has 8 heteroatoms. The summed E-state index contributed by atoms with van der Waals surface area (Å²) in [6.07, 6.45) is 2.42. The molecule has 0 aliphatic rings. The van der Waals surface area contributed by atoms with E-state index in [0.29, 0.717) is 19.5 Å². The van der Waals surface area contributed by atoms with E-state index in [1.165, 1.54) is 16.0 Å². The van der Waals surface area contributed by atoms with Crippen molar-refractivity contribution in [2.75, 3.05) is 13.6 Å². The number of hydrogen-bond acceptors (Lipinski definition) is 5. The van der Waals surface area contributed by atoms with E-state index in [9.17, 15) is 4.79 Å². The summed E-state index contributed by atoms with van der Waals surface area (Å²) in [7, 11) is 1.76. The maximum absolute atomic E-state index is 12.1. The lowest BCUT2D eigenvalue weighted by atomic mass is 10.3. The molecule has 2 heterocycles. The molecule has 0 radical (unpaired) electrons. The second-order valence-electron chi connectivity index (χ2n) is 4.40. The van der Waals surface area contributed by atoms with Crippen LogP contribution in [0.5, 0.6) is 0 Å². The van der Waals surface area contributed by atoms with Gasteiger partial charge in [-0.1, -0.05) is 16.8 Å². The number of amides is 1. The van der Waals surface area contributed by atoms with Crippen molar-refractivity contribution in [2.45, 2.75) is 19.5 Å². The van der Waals surface area contributed by atoms with Gasteiger partial charge < -0.3 is 10.6 Å². The third kappa shape index (κ3) is 4.03. The number of carbonyl (C=O) groups is 1. The van der Waals surface area contributed by atoms with Crippen LogP contribution in [-0.4, -0.2) is 39.4 Å². The molecule has 2 N–H and O–H groups in total. The van der Waals surface area contributed by atoms with E-state index < -0.39 is 0 Å². The van der Waals surface area contributed by atoms with Crippen LogP contribution in [0.1, 0.15) is 10.6 Å². The highest BCUT2D eigenvalue weighted by Crippen LogP contribution is 2.22. The number of nitrogens with zero attached hydrogens (tertiary/aromatic N) is 4. The molecule has 2 rings (SSSR count). The van der Waals surface area contributed by atoms with Crippen molar-refractivity contribution in [3.05, 3.63) is 33.2 Å². The van der Waals surface area contributed by atoms with Gasteiger partial charge in [-0.25, -0.2) is 4.68 Å². The molecule has 0 atom stereocenters. The first-order chi connectivity index (χ1) is 9.58. The number of carbonyl (C=O) groups excluding carboxylic acids is 1. The summed E-state index contributed by atoms with van der Waals surface area (Å²) in [5.74, 6) is -0.0290. The second-order valence-corrected chi connectivity index (χ2v) is 6.20. The first kappa shape index (κ1) is 15.0. The fourth-order valence-electron chi connectivity index (χ4n) is 1.70. The molecule has 2 aromatic heterocycles. The monoisotopic (exact) mass is 313 g/mol. The third-order valence-electron chi connectivity index (χ3n) is 2.73. The number of thiophene rings is 1. The van der Waals surface area contributed by atoms with Crippen LogP contribution in [0.2, 0.25) is 4.34 Å². The number of rotatable bonds is 6. The molecule has 0 unspecified atom stereocenters. The maximum atomic E-state index is 12.1. The van der Waals surface area contributed by atoms with Crippen LogP contribution in [0, 0.1) is 0 Å². The van der Waals surface area contributed by atoms with Crippen molar-refractivity contribution >= 4 is 28.8 Å². The van der Waals surface area contributed by atoms with Crippen molar-refractivity contribution in [3.8, 4) is 0 Å². The Morgan fingerprint density at radius 1 is 1.55 bits per heavy atom. The zero-order valence-corrected chi connectivity index (χ0v) is 12.7. The maximum Gasteiger partial charge on any atom is 0.244 e. The molecular formula is C12H16ClN5OS. The molecular weight excluding hydrogens is 298 g/mol. The zero-order valence-electron chi connectivity index (χ0n) is 11.1. The van der Waals surface area contributed by atoms with Gasteiger partial charge in [-0.2, -0.15) is 0 Å². The van der Waals surface area contributed by atoms with Crippen LogP contribution in [-0.2, 0) is 24.3 Å². The molecule has 0 bridgehead atoms. The molecule has 0 fully saturated rings. The first-order valence-electron chi connectivity index (χ1n) is 6.15. The van der Waals surface area contributed by atoms with E-state index in [1.807, 2.05) is 12.1 Å². The van der Waals surface area contributed by atoms with Crippen LogP contribution in [0.15, 0.2) is 18.3 Å². The fourth-order valence-corrected chi connectivity index (χ4v) is 2.84. The summed E-state index contributed by atoms with van der Waals surface area (Å²) in [4.78, 5) is 14.8. The van der Waals surface area contributed by atoms with Gasteiger partial charge in [0.1, 0.15) is 6.54 Å². The van der Waals surface area contributed by atoms with E-state index in [1.54, 1.807) is 18.1 Å². The quantitative estimate of drug-likeness (QED) is 0.868. The van der Waals surface area contributed by atoms with E-state index in [-0.39, 0.29) is 12.5 Å². The molecule has 108 valence electrons. The van der Waals surface area contributed by atoms with Gasteiger partial charge in [0, 0.05) is 24.5 Å². The minimum Gasteiger partial charge on any atom is -0.339 e. The van der Waals surface area contributed by atoms with Crippen molar-refractivity contribution in [1.29, 1.82) is 0 Å².